The van der Waals surface area contributed by atoms with E-state index in [4.69, 9.17) is 0 Å². The molecule has 0 unspecified atom stereocenters. The van der Waals surface area contributed by atoms with Gasteiger partial charge in [-0.1, -0.05) is 24.3 Å². The van der Waals surface area contributed by atoms with Gasteiger partial charge in [-0.15, -0.1) is 0 Å². The molecule has 0 aliphatic heterocycles. The van der Waals surface area contributed by atoms with Gasteiger partial charge in [-0.3, -0.25) is 9.98 Å². The van der Waals surface area contributed by atoms with Crippen LogP contribution in [0.1, 0.15) is 29.7 Å². The van der Waals surface area contributed by atoms with Crippen LogP contribution in [0.4, 0.5) is 13.2 Å². The molecule has 1 saturated carbocycles. The van der Waals surface area contributed by atoms with E-state index in [9.17, 15) is 13.2 Å². The minimum Gasteiger partial charge on any atom is -0.356 e. The van der Waals surface area contributed by atoms with Crippen molar-refractivity contribution in [3.05, 3.63) is 65.5 Å². The minimum atomic E-state index is -4.32. The van der Waals surface area contributed by atoms with E-state index in [-0.39, 0.29) is 5.41 Å². The number of hydrogen-bond donors (Lipinski definition) is 2. The van der Waals surface area contributed by atoms with Gasteiger partial charge in [0.05, 0.1) is 5.56 Å². The van der Waals surface area contributed by atoms with Crippen LogP contribution in [0, 0.1) is 0 Å². The van der Waals surface area contributed by atoms with Crippen LogP contribution in [0.15, 0.2) is 53.7 Å². The summed E-state index contributed by atoms with van der Waals surface area (Å²) in [6, 6.07) is 11.4. The van der Waals surface area contributed by atoms with E-state index in [1.807, 2.05) is 18.2 Å². The molecule has 1 aromatic carbocycles. The Morgan fingerprint density at radius 2 is 1.96 bits per heavy atom. The summed E-state index contributed by atoms with van der Waals surface area (Å²) in [5, 5.41) is 6.48. The van der Waals surface area contributed by atoms with Gasteiger partial charge in [-0.05, 0) is 36.6 Å². The molecule has 0 amide bonds. The van der Waals surface area contributed by atoms with Crippen molar-refractivity contribution in [1.82, 2.24) is 15.6 Å². The van der Waals surface area contributed by atoms with Crippen molar-refractivity contribution in [2.24, 2.45) is 4.99 Å². The monoisotopic (exact) mass is 376 g/mol. The summed E-state index contributed by atoms with van der Waals surface area (Å²) < 4.78 is 38.9. The second-order valence-electron chi connectivity index (χ2n) is 6.78. The highest BCUT2D eigenvalue weighted by molar-refractivity contribution is 5.79. The van der Waals surface area contributed by atoms with Crippen molar-refractivity contribution < 1.29 is 13.2 Å². The minimum absolute atomic E-state index is 0.250. The van der Waals surface area contributed by atoms with Crippen molar-refractivity contribution in [2.45, 2.75) is 30.9 Å². The number of pyridine rings is 1. The molecule has 1 aliphatic rings. The number of halogens is 3. The van der Waals surface area contributed by atoms with E-state index in [1.54, 1.807) is 19.3 Å². The number of nitrogens with one attached hydrogen (secondary N) is 2. The van der Waals surface area contributed by atoms with Gasteiger partial charge in [-0.2, -0.15) is 13.2 Å². The van der Waals surface area contributed by atoms with E-state index in [0.29, 0.717) is 19.0 Å². The topological polar surface area (TPSA) is 49.3 Å². The third-order valence-electron chi connectivity index (χ3n) is 4.87. The number of benzene rings is 1. The Morgan fingerprint density at radius 3 is 2.59 bits per heavy atom. The Hall–Kier alpha value is -2.57. The first kappa shape index (κ1) is 19.2. The third kappa shape index (κ3) is 4.99. The van der Waals surface area contributed by atoms with E-state index in [1.165, 1.54) is 12.1 Å². The molecule has 0 radical (unpaired) electrons. The lowest BCUT2D eigenvalue weighted by Crippen LogP contribution is -2.42. The third-order valence-corrected chi connectivity index (χ3v) is 4.87. The summed E-state index contributed by atoms with van der Waals surface area (Å²) in [5.74, 6) is 0.643. The number of hydrogen-bond acceptors (Lipinski definition) is 2. The highest BCUT2D eigenvalue weighted by atomic mass is 19.4. The molecule has 144 valence electrons. The molecule has 27 heavy (non-hydrogen) atoms. The maximum atomic E-state index is 13.0. The molecular weight excluding hydrogens is 353 g/mol. The predicted molar refractivity (Wildman–Crippen MR) is 99.7 cm³/mol. The first-order valence-electron chi connectivity index (χ1n) is 8.95. The summed E-state index contributed by atoms with van der Waals surface area (Å²) in [6.45, 7) is 1.23. The zero-order valence-electron chi connectivity index (χ0n) is 15.2. The van der Waals surface area contributed by atoms with Gasteiger partial charge >= 0.3 is 6.18 Å². The molecule has 0 spiro atoms. The van der Waals surface area contributed by atoms with Crippen LogP contribution in [0.5, 0.6) is 0 Å². The van der Waals surface area contributed by atoms with E-state index >= 15 is 0 Å². The Morgan fingerprint density at radius 1 is 1.15 bits per heavy atom. The quantitative estimate of drug-likeness (QED) is 0.599. The fourth-order valence-electron chi connectivity index (χ4n) is 3.07. The van der Waals surface area contributed by atoms with Crippen molar-refractivity contribution in [3.8, 4) is 0 Å². The van der Waals surface area contributed by atoms with Crippen LogP contribution in [0.3, 0.4) is 0 Å². The smallest absolute Gasteiger partial charge is 0.356 e. The second-order valence-corrected chi connectivity index (χ2v) is 6.78. The van der Waals surface area contributed by atoms with Crippen molar-refractivity contribution in [1.29, 1.82) is 0 Å². The maximum absolute atomic E-state index is 13.0. The lowest BCUT2D eigenvalue weighted by atomic mass is 9.94. The average molecular weight is 376 g/mol. The largest absolute Gasteiger partial charge is 0.416 e. The molecule has 1 fully saturated rings. The lowest BCUT2D eigenvalue weighted by molar-refractivity contribution is -0.137. The van der Waals surface area contributed by atoms with Gasteiger partial charge in [0, 0.05) is 43.9 Å². The second kappa shape index (κ2) is 7.98. The SMILES string of the molecule is CN=C(NCCc1ccccn1)NCC1(c2cccc(C(F)(F)F)c2)CC1. The Balaban J connectivity index is 1.55. The number of rotatable bonds is 6. The fraction of sp³-hybridized carbons (Fsp3) is 0.400. The zero-order valence-corrected chi connectivity index (χ0v) is 15.2. The molecule has 2 aromatic rings. The molecule has 1 aromatic heterocycles. The number of alkyl halides is 3. The number of aliphatic imine (C=N–C) groups is 1. The molecule has 0 saturated heterocycles. The van der Waals surface area contributed by atoms with E-state index in [2.05, 4.69) is 20.6 Å². The maximum Gasteiger partial charge on any atom is 0.416 e. The van der Waals surface area contributed by atoms with E-state index in [0.717, 1.165) is 36.6 Å². The predicted octanol–water partition coefficient (Wildman–Crippen LogP) is 3.54. The molecular formula is C20H23F3N4. The highest BCUT2D eigenvalue weighted by Crippen LogP contribution is 2.48. The summed E-state index contributed by atoms with van der Waals surface area (Å²) in [5.41, 5.74) is 0.876. The first-order valence-corrected chi connectivity index (χ1v) is 8.95. The molecule has 2 N–H and O–H groups in total. The van der Waals surface area contributed by atoms with Crippen molar-refractivity contribution in [2.75, 3.05) is 20.1 Å². The molecule has 1 aliphatic carbocycles. The van der Waals surface area contributed by atoms with Crippen LogP contribution in [-0.4, -0.2) is 31.1 Å². The molecule has 0 atom stereocenters. The average Bonchev–Trinajstić information content (AvgIpc) is 3.46. The Bertz CT molecular complexity index is 783. The molecule has 1 heterocycles. The fourth-order valence-corrected chi connectivity index (χ4v) is 3.07. The number of guanidine groups is 1. The molecule has 3 rings (SSSR count). The summed E-state index contributed by atoms with van der Waals surface area (Å²) in [6.07, 6.45) is -0.0598. The van der Waals surface area contributed by atoms with Gasteiger partial charge in [0.15, 0.2) is 5.96 Å². The summed E-state index contributed by atoms with van der Waals surface area (Å²) in [7, 11) is 1.68. The van der Waals surface area contributed by atoms with Crippen molar-refractivity contribution in [3.63, 3.8) is 0 Å². The lowest BCUT2D eigenvalue weighted by Gasteiger charge is -2.20. The van der Waals surface area contributed by atoms with Crippen LogP contribution in [0.25, 0.3) is 0 Å². The van der Waals surface area contributed by atoms with Gasteiger partial charge < -0.3 is 10.6 Å². The van der Waals surface area contributed by atoms with Crippen LogP contribution < -0.4 is 10.6 Å². The summed E-state index contributed by atoms with van der Waals surface area (Å²) in [4.78, 5) is 8.47. The summed E-state index contributed by atoms with van der Waals surface area (Å²) >= 11 is 0. The molecule has 4 nitrogen and oxygen atoms in total. The van der Waals surface area contributed by atoms with Gasteiger partial charge in [-0.25, -0.2) is 0 Å². The van der Waals surface area contributed by atoms with Crippen LogP contribution in [-0.2, 0) is 18.0 Å². The number of aromatic nitrogens is 1. The first-order chi connectivity index (χ1) is 12.9. The normalized spacial score (nSPS) is 16.1. The zero-order chi connectivity index (χ0) is 19.3. The van der Waals surface area contributed by atoms with Gasteiger partial charge in [0.2, 0.25) is 0 Å². The molecule has 0 bridgehead atoms. The number of nitrogens with zero attached hydrogens (tertiary/aromatic N) is 2. The van der Waals surface area contributed by atoms with Gasteiger partial charge in [0.1, 0.15) is 0 Å². The van der Waals surface area contributed by atoms with Crippen LogP contribution >= 0.6 is 0 Å². The van der Waals surface area contributed by atoms with E-state index < -0.39 is 11.7 Å². The van der Waals surface area contributed by atoms with Crippen LogP contribution in [0.2, 0.25) is 0 Å². The standard InChI is InChI=1S/C20H23F3N4/c1-24-18(26-12-8-17-7-2-3-11-25-17)27-14-19(9-10-19)15-5-4-6-16(13-15)20(21,22)23/h2-7,11,13H,8-10,12,14H2,1H3,(H2,24,26,27). The molecule has 7 heteroatoms. The Kier molecular flexibility index (Phi) is 5.68. The van der Waals surface area contributed by atoms with Gasteiger partial charge in [0.25, 0.3) is 0 Å². The Labute approximate surface area is 156 Å². The highest BCUT2D eigenvalue weighted by Gasteiger charge is 2.45. The van der Waals surface area contributed by atoms with Crippen molar-refractivity contribution >= 4 is 5.96 Å².